The Balaban J connectivity index is 1.43. The number of nitrogens with one attached hydrogen (secondary N) is 2. The van der Waals surface area contributed by atoms with E-state index in [4.69, 9.17) is 18.9 Å². The Morgan fingerprint density at radius 2 is 1.62 bits per heavy atom. The van der Waals surface area contributed by atoms with Crippen LogP contribution in [0.1, 0.15) is 43.7 Å². The zero-order chi connectivity index (χ0) is 38.6. The van der Waals surface area contributed by atoms with Gasteiger partial charge in [-0.15, -0.1) is 0 Å². The number of carbonyl (C=O) groups is 3. The van der Waals surface area contributed by atoms with Gasteiger partial charge in [0.2, 0.25) is 0 Å². The van der Waals surface area contributed by atoms with Gasteiger partial charge in [0.05, 0.1) is 31.1 Å². The average Bonchev–Trinajstić information content (AvgIpc) is 3.35. The zero-order valence-electron chi connectivity index (χ0n) is 30.2. The molecule has 53 heavy (non-hydrogen) atoms. The molecule has 3 aromatic carbocycles. The Labute approximate surface area is 304 Å². The summed E-state index contributed by atoms with van der Waals surface area (Å²) in [5.74, 6) is -2.67. The minimum absolute atomic E-state index is 0.0459. The first-order valence-electron chi connectivity index (χ1n) is 16.5. The minimum Gasteiger partial charge on any atom is -0.493 e. The Bertz CT molecular complexity index is 2230. The van der Waals surface area contributed by atoms with E-state index in [2.05, 4.69) is 15.6 Å². The predicted molar refractivity (Wildman–Crippen MR) is 194 cm³/mol. The zero-order valence-corrected chi connectivity index (χ0v) is 30.2. The summed E-state index contributed by atoms with van der Waals surface area (Å²) in [6.07, 6.45) is 0.590. The van der Waals surface area contributed by atoms with E-state index in [1.807, 2.05) is 0 Å². The fraction of sp³-hybridized carbons (Fsp3) is 0.289. The number of ether oxygens (including phenoxy) is 4. The largest absolute Gasteiger partial charge is 0.493 e. The highest BCUT2D eigenvalue weighted by Crippen LogP contribution is 2.37. The summed E-state index contributed by atoms with van der Waals surface area (Å²) in [5, 5.41) is 15.5. The van der Waals surface area contributed by atoms with Crippen molar-refractivity contribution in [1.82, 2.24) is 19.7 Å². The lowest BCUT2D eigenvalue weighted by atomic mass is 10.0. The molecule has 0 aliphatic rings. The first kappa shape index (κ1) is 37.9. The molecular formula is C38H40FN5O9. The SMILES string of the molecule is COc1cc2nccc(Oc3ccc(NC(=O)c4c(C)n(C[C@@H](C)C(NC(=O)OC(C)(C)C)C(=O)O)n(-c5ccccc5)c4=O)cc3F)c2cc1OC. The summed E-state index contributed by atoms with van der Waals surface area (Å²) < 4.78 is 40.1. The van der Waals surface area contributed by atoms with Crippen molar-refractivity contribution in [2.45, 2.75) is 52.8 Å². The Hall–Kier alpha value is -6.38. The molecule has 0 radical (unpaired) electrons. The number of anilines is 1. The second kappa shape index (κ2) is 15.5. The number of benzene rings is 3. The van der Waals surface area contributed by atoms with Gasteiger partial charge in [-0.3, -0.25) is 19.3 Å². The molecule has 2 heterocycles. The molecule has 2 atom stereocenters. The highest BCUT2D eigenvalue weighted by molar-refractivity contribution is 6.05. The minimum atomic E-state index is -1.40. The van der Waals surface area contributed by atoms with Gasteiger partial charge in [-0.25, -0.2) is 18.7 Å². The van der Waals surface area contributed by atoms with Gasteiger partial charge >= 0.3 is 12.1 Å². The second-order valence-electron chi connectivity index (χ2n) is 13.2. The molecule has 2 amide bonds. The highest BCUT2D eigenvalue weighted by atomic mass is 19.1. The van der Waals surface area contributed by atoms with Crippen LogP contribution < -0.4 is 30.4 Å². The van der Waals surface area contributed by atoms with E-state index in [1.54, 1.807) is 83.1 Å². The molecule has 0 fully saturated rings. The fourth-order valence-corrected chi connectivity index (χ4v) is 5.73. The molecule has 15 heteroatoms. The van der Waals surface area contributed by atoms with E-state index in [1.165, 1.54) is 41.9 Å². The van der Waals surface area contributed by atoms with Crippen LogP contribution in [0.25, 0.3) is 16.6 Å². The van der Waals surface area contributed by atoms with E-state index >= 15 is 4.39 Å². The normalized spacial score (nSPS) is 12.5. The number of amides is 2. The average molecular weight is 730 g/mol. The molecule has 0 aliphatic carbocycles. The van der Waals surface area contributed by atoms with Gasteiger partial charge in [0.25, 0.3) is 11.5 Å². The summed E-state index contributed by atoms with van der Waals surface area (Å²) in [4.78, 5) is 56.7. The number of aliphatic carboxylic acids is 1. The number of pyridine rings is 1. The fourth-order valence-electron chi connectivity index (χ4n) is 5.73. The number of rotatable bonds is 12. The number of aromatic nitrogens is 3. The van der Waals surface area contributed by atoms with E-state index in [0.29, 0.717) is 33.8 Å². The van der Waals surface area contributed by atoms with Crippen LogP contribution >= 0.6 is 0 Å². The molecule has 1 unspecified atom stereocenters. The molecule has 278 valence electrons. The maximum absolute atomic E-state index is 15.5. The van der Waals surface area contributed by atoms with Gasteiger partial charge in [-0.2, -0.15) is 0 Å². The third-order valence-corrected chi connectivity index (χ3v) is 8.21. The smallest absolute Gasteiger partial charge is 0.408 e. The van der Waals surface area contributed by atoms with Crippen LogP contribution in [0.3, 0.4) is 0 Å². The van der Waals surface area contributed by atoms with Crippen LogP contribution in [0.15, 0.2) is 77.7 Å². The molecule has 0 saturated heterocycles. The van der Waals surface area contributed by atoms with Crippen LogP contribution in [0.4, 0.5) is 14.9 Å². The van der Waals surface area contributed by atoms with Crippen molar-refractivity contribution in [3.63, 3.8) is 0 Å². The topological polar surface area (TPSA) is 172 Å². The first-order valence-corrected chi connectivity index (χ1v) is 16.5. The van der Waals surface area contributed by atoms with Gasteiger partial charge < -0.3 is 34.7 Å². The lowest BCUT2D eigenvalue weighted by Crippen LogP contribution is -2.48. The number of halogens is 1. The van der Waals surface area contributed by atoms with Crippen molar-refractivity contribution in [2.75, 3.05) is 19.5 Å². The maximum atomic E-state index is 15.5. The standard InChI is InChI=1S/C38H40FN5O9/c1-21(33(36(47)48)42-37(49)53-38(3,4)5)20-43-22(2)32(35(46)44(43)24-11-9-8-10-12-24)34(45)41-23-13-14-29(26(39)17-23)52-28-15-16-40-27-19-31(51-7)30(50-6)18-25(27)28/h8-19,21,33H,20H2,1-7H3,(H,41,45)(H,42,49)(H,47,48)/t21-,33?/m1/s1. The van der Waals surface area contributed by atoms with Crippen LogP contribution in [0.5, 0.6) is 23.0 Å². The molecule has 2 aromatic heterocycles. The number of methoxy groups -OCH3 is 2. The number of nitrogens with zero attached hydrogens (tertiary/aromatic N) is 3. The number of hydrogen-bond acceptors (Lipinski definition) is 9. The van der Waals surface area contributed by atoms with Crippen molar-refractivity contribution in [1.29, 1.82) is 0 Å². The van der Waals surface area contributed by atoms with Gasteiger partial charge in [0.1, 0.15) is 23.0 Å². The lowest BCUT2D eigenvalue weighted by molar-refractivity contribution is -0.141. The number of carbonyl (C=O) groups excluding carboxylic acids is 2. The molecule has 0 bridgehead atoms. The second-order valence-corrected chi connectivity index (χ2v) is 13.2. The molecule has 0 saturated carbocycles. The predicted octanol–water partition coefficient (Wildman–Crippen LogP) is 6.31. The number of carboxylic acid groups (broad SMARTS) is 1. The van der Waals surface area contributed by atoms with Gasteiger partial charge in [0.15, 0.2) is 23.1 Å². The molecule has 14 nitrogen and oxygen atoms in total. The summed E-state index contributed by atoms with van der Waals surface area (Å²) in [7, 11) is 2.99. The van der Waals surface area contributed by atoms with E-state index in [9.17, 15) is 24.3 Å². The first-order chi connectivity index (χ1) is 25.1. The number of alkyl carbamates (subject to hydrolysis) is 1. The molecule has 3 N–H and O–H groups in total. The van der Waals surface area contributed by atoms with Crippen molar-refractivity contribution < 1.29 is 42.8 Å². The van der Waals surface area contributed by atoms with Crippen LogP contribution in [-0.4, -0.2) is 63.3 Å². The molecular weight excluding hydrogens is 689 g/mol. The lowest BCUT2D eigenvalue weighted by Gasteiger charge is -2.26. The molecule has 5 rings (SSSR count). The van der Waals surface area contributed by atoms with Crippen molar-refractivity contribution in [2.24, 2.45) is 5.92 Å². The van der Waals surface area contributed by atoms with Gasteiger partial charge in [-0.1, -0.05) is 25.1 Å². The Morgan fingerprint density at radius 1 is 0.943 bits per heavy atom. The highest BCUT2D eigenvalue weighted by Gasteiger charge is 2.32. The van der Waals surface area contributed by atoms with Crippen molar-refractivity contribution in [3.8, 4) is 28.7 Å². The quantitative estimate of drug-likeness (QED) is 0.132. The van der Waals surface area contributed by atoms with E-state index < -0.39 is 46.9 Å². The monoisotopic (exact) mass is 729 g/mol. The number of hydrogen-bond donors (Lipinski definition) is 3. The molecule has 0 spiro atoms. The van der Waals surface area contributed by atoms with E-state index in [-0.39, 0.29) is 29.2 Å². The molecule has 0 aliphatic heterocycles. The summed E-state index contributed by atoms with van der Waals surface area (Å²) in [6, 6.07) is 15.8. The number of para-hydroxylation sites is 1. The van der Waals surface area contributed by atoms with Gasteiger partial charge in [-0.05, 0) is 64.1 Å². The van der Waals surface area contributed by atoms with Crippen molar-refractivity contribution in [3.05, 3.63) is 100 Å². The summed E-state index contributed by atoms with van der Waals surface area (Å²) in [6.45, 7) is 7.98. The Kier molecular flexibility index (Phi) is 11.1. The van der Waals surface area contributed by atoms with E-state index in [0.717, 1.165) is 6.07 Å². The van der Waals surface area contributed by atoms with Crippen LogP contribution in [0, 0.1) is 18.7 Å². The van der Waals surface area contributed by atoms with Gasteiger partial charge in [0, 0.05) is 41.9 Å². The number of fused-ring (bicyclic) bond motifs is 1. The third kappa shape index (κ3) is 8.41. The number of carboxylic acids is 1. The third-order valence-electron chi connectivity index (χ3n) is 8.21. The summed E-state index contributed by atoms with van der Waals surface area (Å²) >= 11 is 0. The maximum Gasteiger partial charge on any atom is 0.408 e. The van der Waals surface area contributed by atoms with Crippen LogP contribution in [0.2, 0.25) is 0 Å². The van der Waals surface area contributed by atoms with Crippen molar-refractivity contribution >= 4 is 34.6 Å². The molecule has 5 aromatic rings. The summed E-state index contributed by atoms with van der Waals surface area (Å²) in [5.41, 5.74) is -0.612. The van der Waals surface area contributed by atoms with Crippen LogP contribution in [-0.2, 0) is 16.1 Å². The Morgan fingerprint density at radius 3 is 2.25 bits per heavy atom.